The van der Waals surface area contributed by atoms with E-state index in [2.05, 4.69) is 15.3 Å². The van der Waals surface area contributed by atoms with Gasteiger partial charge in [-0.15, -0.1) is 0 Å². The lowest BCUT2D eigenvalue weighted by molar-refractivity contribution is 0.372. The van der Waals surface area contributed by atoms with Gasteiger partial charge in [-0.25, -0.2) is 23.1 Å². The Bertz CT molecular complexity index is 699. The molecular weight excluding hydrogens is 293 g/mol. The zero-order valence-electron chi connectivity index (χ0n) is 12.0. The van der Waals surface area contributed by atoms with Crippen LogP contribution < -0.4 is 11.1 Å². The maximum absolute atomic E-state index is 14.4. The van der Waals surface area contributed by atoms with E-state index in [1.54, 1.807) is 0 Å². The maximum Gasteiger partial charge on any atom is 0.185 e. The Kier molecular flexibility index (Phi) is 4.04. The first kappa shape index (κ1) is 14.9. The van der Waals surface area contributed by atoms with E-state index in [9.17, 15) is 13.2 Å². The predicted octanol–water partition coefficient (Wildman–Crippen LogP) is 3.62. The van der Waals surface area contributed by atoms with Gasteiger partial charge in [-0.1, -0.05) is 19.3 Å². The van der Waals surface area contributed by atoms with Crippen LogP contribution in [0.1, 0.15) is 32.1 Å². The molecule has 0 bridgehead atoms. The summed E-state index contributed by atoms with van der Waals surface area (Å²) >= 11 is 0. The van der Waals surface area contributed by atoms with E-state index in [4.69, 9.17) is 5.73 Å². The minimum Gasteiger partial charge on any atom is -0.383 e. The molecule has 1 aromatic carbocycles. The number of hydrogen-bond acceptors (Lipinski definition) is 4. The minimum absolute atomic E-state index is 0.279. The molecule has 3 rings (SSSR count). The van der Waals surface area contributed by atoms with E-state index in [1.807, 2.05) is 0 Å². The first-order valence-corrected chi connectivity index (χ1v) is 7.40. The Morgan fingerprint density at radius 1 is 1.05 bits per heavy atom. The molecule has 1 aliphatic carbocycles. The van der Waals surface area contributed by atoms with Gasteiger partial charge in [0.25, 0.3) is 0 Å². The fourth-order valence-electron chi connectivity index (χ4n) is 3.01. The summed E-state index contributed by atoms with van der Waals surface area (Å²) in [6.45, 7) is 0.416. The van der Waals surface area contributed by atoms with Gasteiger partial charge in [0.05, 0.1) is 5.39 Å². The average Bonchev–Trinajstić information content (AvgIpc) is 2.53. The second-order valence-corrected chi connectivity index (χ2v) is 5.68. The average molecular weight is 310 g/mol. The molecule has 4 nitrogen and oxygen atoms in total. The SMILES string of the molecule is Nc1ncnc2c(F)c(NCC3CCCCC3)c(F)c(F)c12. The standard InChI is InChI=1S/C15H17F3N4/c16-10-9-13(21-7-22-15(9)19)12(18)14(11(10)17)20-6-8-4-2-1-3-5-8/h7-8,20H,1-6H2,(H2,19,21,22). The molecule has 1 saturated carbocycles. The summed E-state index contributed by atoms with van der Waals surface area (Å²) in [5.74, 6) is -3.36. The molecule has 22 heavy (non-hydrogen) atoms. The molecule has 2 aromatic rings. The Morgan fingerprint density at radius 3 is 2.50 bits per heavy atom. The maximum atomic E-state index is 14.4. The highest BCUT2D eigenvalue weighted by Crippen LogP contribution is 2.33. The van der Waals surface area contributed by atoms with Gasteiger partial charge < -0.3 is 11.1 Å². The van der Waals surface area contributed by atoms with Crippen LogP contribution >= 0.6 is 0 Å². The summed E-state index contributed by atoms with van der Waals surface area (Å²) in [6, 6.07) is 0. The van der Waals surface area contributed by atoms with Crippen molar-refractivity contribution in [3.8, 4) is 0 Å². The van der Waals surface area contributed by atoms with Crippen molar-refractivity contribution in [1.29, 1.82) is 0 Å². The molecule has 0 radical (unpaired) electrons. The third kappa shape index (κ3) is 2.55. The largest absolute Gasteiger partial charge is 0.383 e. The number of fused-ring (bicyclic) bond motifs is 1. The van der Waals surface area contributed by atoms with Gasteiger partial charge in [0.2, 0.25) is 0 Å². The van der Waals surface area contributed by atoms with E-state index < -0.39 is 28.5 Å². The monoisotopic (exact) mass is 310 g/mol. The van der Waals surface area contributed by atoms with E-state index >= 15 is 0 Å². The molecule has 7 heteroatoms. The van der Waals surface area contributed by atoms with Crippen molar-refractivity contribution >= 4 is 22.4 Å². The van der Waals surface area contributed by atoms with Crippen molar-refractivity contribution in [3.63, 3.8) is 0 Å². The fourth-order valence-corrected chi connectivity index (χ4v) is 3.01. The summed E-state index contributed by atoms with van der Waals surface area (Å²) in [5.41, 5.74) is 4.71. The Hall–Kier alpha value is -2.05. The van der Waals surface area contributed by atoms with Crippen molar-refractivity contribution < 1.29 is 13.2 Å². The third-order valence-electron chi connectivity index (χ3n) is 4.23. The number of nitrogens with two attached hydrogens (primary N) is 1. The van der Waals surface area contributed by atoms with Crippen LogP contribution in [0.5, 0.6) is 0 Å². The normalized spacial score (nSPS) is 16.1. The molecule has 1 aromatic heterocycles. The van der Waals surface area contributed by atoms with Crippen LogP contribution in [0, 0.1) is 23.4 Å². The van der Waals surface area contributed by atoms with Crippen LogP contribution in [0.15, 0.2) is 6.33 Å². The van der Waals surface area contributed by atoms with Gasteiger partial charge in [-0.3, -0.25) is 0 Å². The second-order valence-electron chi connectivity index (χ2n) is 5.68. The van der Waals surface area contributed by atoms with Crippen LogP contribution in [-0.4, -0.2) is 16.5 Å². The first-order valence-electron chi connectivity index (χ1n) is 7.40. The number of nitrogen functional groups attached to an aromatic ring is 1. The third-order valence-corrected chi connectivity index (χ3v) is 4.23. The first-order chi connectivity index (χ1) is 10.6. The van der Waals surface area contributed by atoms with Crippen LogP contribution in [0.3, 0.4) is 0 Å². The highest BCUT2D eigenvalue weighted by atomic mass is 19.2. The smallest absolute Gasteiger partial charge is 0.185 e. The molecule has 1 aliphatic rings. The number of hydrogen-bond donors (Lipinski definition) is 2. The fraction of sp³-hybridized carbons (Fsp3) is 0.467. The number of halogens is 3. The quantitative estimate of drug-likeness (QED) is 0.850. The summed E-state index contributed by atoms with van der Waals surface area (Å²) in [4.78, 5) is 7.26. The van der Waals surface area contributed by atoms with Crippen molar-refractivity contribution in [3.05, 3.63) is 23.8 Å². The van der Waals surface area contributed by atoms with E-state index in [-0.39, 0.29) is 11.3 Å². The van der Waals surface area contributed by atoms with E-state index in [0.29, 0.717) is 12.5 Å². The van der Waals surface area contributed by atoms with Gasteiger partial charge in [0.15, 0.2) is 17.5 Å². The van der Waals surface area contributed by atoms with Crippen LogP contribution in [0.2, 0.25) is 0 Å². The van der Waals surface area contributed by atoms with Crippen molar-refractivity contribution in [2.75, 3.05) is 17.6 Å². The molecule has 118 valence electrons. The number of nitrogens with one attached hydrogen (secondary N) is 1. The zero-order chi connectivity index (χ0) is 15.7. The van der Waals surface area contributed by atoms with Crippen LogP contribution in [-0.2, 0) is 0 Å². The second kappa shape index (κ2) is 5.98. The number of anilines is 2. The summed E-state index contributed by atoms with van der Waals surface area (Å²) in [7, 11) is 0. The minimum atomic E-state index is -1.28. The Morgan fingerprint density at radius 2 is 1.77 bits per heavy atom. The molecule has 1 fully saturated rings. The molecule has 0 amide bonds. The summed E-state index contributed by atoms with van der Waals surface area (Å²) in [5, 5.41) is 2.30. The summed E-state index contributed by atoms with van der Waals surface area (Å²) < 4.78 is 42.7. The number of benzene rings is 1. The van der Waals surface area contributed by atoms with E-state index in [0.717, 1.165) is 32.0 Å². The molecule has 0 spiro atoms. The molecular formula is C15H17F3N4. The van der Waals surface area contributed by atoms with Gasteiger partial charge in [-0.2, -0.15) is 0 Å². The number of aromatic nitrogens is 2. The zero-order valence-corrected chi connectivity index (χ0v) is 12.0. The lowest BCUT2D eigenvalue weighted by Gasteiger charge is -2.22. The van der Waals surface area contributed by atoms with Gasteiger partial charge >= 0.3 is 0 Å². The molecule has 0 saturated heterocycles. The van der Waals surface area contributed by atoms with Gasteiger partial charge in [-0.05, 0) is 18.8 Å². The molecule has 0 unspecified atom stereocenters. The highest BCUT2D eigenvalue weighted by Gasteiger charge is 2.24. The number of rotatable bonds is 3. The molecule has 1 heterocycles. The Balaban J connectivity index is 1.95. The van der Waals surface area contributed by atoms with Gasteiger partial charge in [0.1, 0.15) is 23.3 Å². The van der Waals surface area contributed by atoms with Gasteiger partial charge in [0, 0.05) is 6.54 Å². The lowest BCUT2D eigenvalue weighted by Crippen LogP contribution is -2.19. The topological polar surface area (TPSA) is 63.8 Å². The van der Waals surface area contributed by atoms with Crippen molar-refractivity contribution in [2.45, 2.75) is 32.1 Å². The van der Waals surface area contributed by atoms with Crippen LogP contribution in [0.4, 0.5) is 24.7 Å². The molecule has 3 N–H and O–H groups in total. The number of nitrogens with zero attached hydrogens (tertiary/aromatic N) is 2. The Labute approximate surface area is 125 Å². The highest BCUT2D eigenvalue weighted by molar-refractivity contribution is 5.91. The van der Waals surface area contributed by atoms with E-state index in [1.165, 1.54) is 6.42 Å². The predicted molar refractivity (Wildman–Crippen MR) is 78.9 cm³/mol. The molecule has 0 aliphatic heterocycles. The lowest BCUT2D eigenvalue weighted by atomic mass is 9.89. The molecule has 0 atom stereocenters. The van der Waals surface area contributed by atoms with Crippen molar-refractivity contribution in [1.82, 2.24) is 9.97 Å². The van der Waals surface area contributed by atoms with Crippen molar-refractivity contribution in [2.24, 2.45) is 5.92 Å². The summed E-state index contributed by atoms with van der Waals surface area (Å²) in [6.07, 6.45) is 6.49. The van der Waals surface area contributed by atoms with Crippen LogP contribution in [0.25, 0.3) is 10.9 Å².